The van der Waals surface area contributed by atoms with Gasteiger partial charge in [0.2, 0.25) is 0 Å². The molecule has 148 valence electrons. The highest BCUT2D eigenvalue weighted by molar-refractivity contribution is 5.79. The summed E-state index contributed by atoms with van der Waals surface area (Å²) in [7, 11) is 3.43. The molecule has 0 amide bonds. The van der Waals surface area contributed by atoms with Crippen LogP contribution in [-0.2, 0) is 0 Å². The van der Waals surface area contributed by atoms with Crippen molar-refractivity contribution in [3.8, 4) is 11.5 Å². The Morgan fingerprint density at radius 1 is 1.04 bits per heavy atom. The minimum atomic E-state index is -0.0207. The second kappa shape index (κ2) is 11.6. The number of benzene rings is 1. The number of nitrogens with one attached hydrogen (secondary N) is 2. The van der Waals surface area contributed by atoms with E-state index in [2.05, 4.69) is 48.2 Å². The molecule has 0 saturated heterocycles. The number of ether oxygens (including phenoxy) is 2. The molecule has 0 heterocycles. The summed E-state index contributed by atoms with van der Waals surface area (Å²) in [6.45, 7) is 13.4. The van der Waals surface area contributed by atoms with Crippen molar-refractivity contribution in [3.63, 3.8) is 0 Å². The molecule has 0 aliphatic heterocycles. The molecule has 6 heteroatoms. The highest BCUT2D eigenvalue weighted by Crippen LogP contribution is 2.26. The molecule has 1 aromatic rings. The van der Waals surface area contributed by atoms with Crippen molar-refractivity contribution >= 4 is 5.96 Å². The third-order valence-electron chi connectivity index (χ3n) is 4.17. The van der Waals surface area contributed by atoms with Crippen LogP contribution in [0.5, 0.6) is 11.5 Å². The molecule has 1 aromatic carbocycles. The Morgan fingerprint density at radius 3 is 2.19 bits per heavy atom. The summed E-state index contributed by atoms with van der Waals surface area (Å²) in [4.78, 5) is 6.74. The molecule has 1 rings (SSSR count). The topological polar surface area (TPSA) is 58.1 Å². The van der Waals surface area contributed by atoms with E-state index in [0.29, 0.717) is 18.6 Å². The van der Waals surface area contributed by atoms with Gasteiger partial charge in [-0.1, -0.05) is 12.1 Å². The maximum absolute atomic E-state index is 5.96. The van der Waals surface area contributed by atoms with Gasteiger partial charge in [-0.25, -0.2) is 0 Å². The lowest BCUT2D eigenvalue weighted by Crippen LogP contribution is -2.46. The summed E-state index contributed by atoms with van der Waals surface area (Å²) in [5.74, 6) is 2.27. The lowest BCUT2D eigenvalue weighted by Gasteiger charge is -2.30. The molecule has 6 nitrogen and oxygen atoms in total. The van der Waals surface area contributed by atoms with E-state index in [1.165, 1.54) is 0 Å². The van der Waals surface area contributed by atoms with Crippen LogP contribution in [0.2, 0.25) is 0 Å². The Hall–Kier alpha value is -1.95. The predicted octanol–water partition coefficient (Wildman–Crippen LogP) is 2.75. The van der Waals surface area contributed by atoms with Gasteiger partial charge >= 0.3 is 0 Å². The van der Waals surface area contributed by atoms with Gasteiger partial charge in [-0.15, -0.1) is 0 Å². The maximum Gasteiger partial charge on any atom is 0.191 e. The minimum Gasteiger partial charge on any atom is -0.493 e. The first-order chi connectivity index (χ1) is 12.4. The van der Waals surface area contributed by atoms with Crippen LogP contribution in [0.1, 0.15) is 34.6 Å². The molecular weight excluding hydrogens is 328 g/mol. The standard InChI is InChI=1S/C20H36N4O2/c1-15(2)24(16(3)4)13-12-22-20(21-6)23-14-17(5)26-19-11-9-8-10-18(19)25-7/h8-11,15-17H,12-14H2,1-7H3,(H2,21,22,23). The maximum atomic E-state index is 5.96. The van der Waals surface area contributed by atoms with Crippen LogP contribution >= 0.6 is 0 Å². The first-order valence-electron chi connectivity index (χ1n) is 9.39. The van der Waals surface area contributed by atoms with Crippen LogP contribution < -0.4 is 20.1 Å². The molecule has 0 spiro atoms. The fourth-order valence-corrected chi connectivity index (χ4v) is 2.85. The summed E-state index contributed by atoms with van der Waals surface area (Å²) >= 11 is 0. The Kier molecular flexibility index (Phi) is 9.88. The molecule has 1 unspecified atom stereocenters. The van der Waals surface area contributed by atoms with Gasteiger partial charge in [0, 0.05) is 32.2 Å². The van der Waals surface area contributed by atoms with Gasteiger partial charge < -0.3 is 20.1 Å². The summed E-state index contributed by atoms with van der Waals surface area (Å²) in [6, 6.07) is 8.73. The normalized spacial score (nSPS) is 13.2. The van der Waals surface area contributed by atoms with E-state index in [4.69, 9.17) is 9.47 Å². The highest BCUT2D eigenvalue weighted by Gasteiger charge is 2.13. The van der Waals surface area contributed by atoms with E-state index in [9.17, 15) is 0 Å². The Balaban J connectivity index is 2.41. The first kappa shape index (κ1) is 22.1. The molecule has 0 aromatic heterocycles. The van der Waals surface area contributed by atoms with Crippen molar-refractivity contribution in [2.24, 2.45) is 4.99 Å². The molecule has 0 radical (unpaired) electrons. The van der Waals surface area contributed by atoms with Gasteiger partial charge in [0.25, 0.3) is 0 Å². The van der Waals surface area contributed by atoms with E-state index >= 15 is 0 Å². The van der Waals surface area contributed by atoms with Gasteiger partial charge in [-0.2, -0.15) is 0 Å². The molecule has 0 fully saturated rings. The van der Waals surface area contributed by atoms with Crippen LogP contribution in [0.4, 0.5) is 0 Å². The molecule has 0 bridgehead atoms. The van der Waals surface area contributed by atoms with Gasteiger partial charge in [-0.3, -0.25) is 9.89 Å². The predicted molar refractivity (Wildman–Crippen MR) is 109 cm³/mol. The number of rotatable bonds is 10. The highest BCUT2D eigenvalue weighted by atomic mass is 16.5. The van der Waals surface area contributed by atoms with Crippen molar-refractivity contribution in [2.45, 2.75) is 52.8 Å². The van der Waals surface area contributed by atoms with Gasteiger partial charge in [0.05, 0.1) is 13.7 Å². The zero-order valence-corrected chi connectivity index (χ0v) is 17.4. The number of aliphatic imine (C=N–C) groups is 1. The van der Waals surface area contributed by atoms with E-state index in [1.807, 2.05) is 31.2 Å². The van der Waals surface area contributed by atoms with E-state index in [-0.39, 0.29) is 6.10 Å². The third-order valence-corrected chi connectivity index (χ3v) is 4.17. The second-order valence-corrected chi connectivity index (χ2v) is 6.88. The molecule has 0 saturated carbocycles. The summed E-state index contributed by atoms with van der Waals surface area (Å²) < 4.78 is 11.3. The third kappa shape index (κ3) is 7.52. The lowest BCUT2D eigenvalue weighted by molar-refractivity contribution is 0.178. The molecule has 0 aliphatic rings. The van der Waals surface area contributed by atoms with E-state index < -0.39 is 0 Å². The van der Waals surface area contributed by atoms with Gasteiger partial charge in [0.1, 0.15) is 6.10 Å². The summed E-state index contributed by atoms with van der Waals surface area (Å²) in [5, 5.41) is 6.68. The monoisotopic (exact) mass is 364 g/mol. The lowest BCUT2D eigenvalue weighted by atomic mass is 10.2. The average Bonchev–Trinajstić information content (AvgIpc) is 2.60. The fraction of sp³-hybridized carbons (Fsp3) is 0.650. The van der Waals surface area contributed by atoms with E-state index in [0.717, 1.165) is 30.5 Å². The number of para-hydroxylation sites is 2. The van der Waals surface area contributed by atoms with Crippen LogP contribution in [0.15, 0.2) is 29.3 Å². The van der Waals surface area contributed by atoms with Crippen molar-refractivity contribution in [2.75, 3.05) is 33.8 Å². The first-order valence-corrected chi connectivity index (χ1v) is 9.39. The number of guanidine groups is 1. The Bertz CT molecular complexity index is 538. The van der Waals surface area contributed by atoms with Crippen molar-refractivity contribution in [1.82, 2.24) is 15.5 Å². The molecule has 0 aliphatic carbocycles. The minimum absolute atomic E-state index is 0.0207. The zero-order chi connectivity index (χ0) is 19.5. The molecule has 26 heavy (non-hydrogen) atoms. The SMILES string of the molecule is CN=C(NCCN(C(C)C)C(C)C)NCC(C)Oc1ccccc1OC. The Morgan fingerprint density at radius 2 is 1.65 bits per heavy atom. The summed E-state index contributed by atoms with van der Waals surface area (Å²) in [5.41, 5.74) is 0. The van der Waals surface area contributed by atoms with Crippen molar-refractivity contribution < 1.29 is 9.47 Å². The quantitative estimate of drug-likeness (QED) is 0.494. The van der Waals surface area contributed by atoms with Gasteiger partial charge in [-0.05, 0) is 46.8 Å². The van der Waals surface area contributed by atoms with Crippen LogP contribution in [0.3, 0.4) is 0 Å². The second-order valence-electron chi connectivity index (χ2n) is 6.88. The van der Waals surface area contributed by atoms with Crippen LogP contribution in [0, 0.1) is 0 Å². The fourth-order valence-electron chi connectivity index (χ4n) is 2.85. The molecule has 2 N–H and O–H groups in total. The number of methoxy groups -OCH3 is 1. The van der Waals surface area contributed by atoms with Crippen molar-refractivity contribution in [3.05, 3.63) is 24.3 Å². The largest absolute Gasteiger partial charge is 0.493 e. The molecular formula is C20H36N4O2. The Labute approximate surface area is 159 Å². The van der Waals surface area contributed by atoms with E-state index in [1.54, 1.807) is 14.2 Å². The average molecular weight is 365 g/mol. The summed E-state index contributed by atoms with van der Waals surface area (Å²) in [6.07, 6.45) is -0.0207. The van der Waals surface area contributed by atoms with Crippen LogP contribution in [-0.4, -0.2) is 62.8 Å². The van der Waals surface area contributed by atoms with Crippen LogP contribution in [0.25, 0.3) is 0 Å². The van der Waals surface area contributed by atoms with Crippen molar-refractivity contribution in [1.29, 1.82) is 0 Å². The van der Waals surface area contributed by atoms with Gasteiger partial charge in [0.15, 0.2) is 17.5 Å². The zero-order valence-electron chi connectivity index (χ0n) is 17.4. The number of nitrogens with zero attached hydrogens (tertiary/aromatic N) is 2. The number of hydrogen-bond acceptors (Lipinski definition) is 4. The smallest absolute Gasteiger partial charge is 0.191 e. The molecule has 1 atom stereocenters. The number of hydrogen-bond donors (Lipinski definition) is 2.